The monoisotopic (exact) mass is 575 g/mol. The maximum atomic E-state index is 13.6. The third kappa shape index (κ3) is 6.20. The molecular weight excluding hydrogens is 545 g/mol. The van der Waals surface area contributed by atoms with Gasteiger partial charge in [-0.25, -0.2) is 19.3 Å². The third-order valence-electron chi connectivity index (χ3n) is 6.89. The lowest BCUT2D eigenvalue weighted by Crippen LogP contribution is -2.22. The van der Waals surface area contributed by atoms with E-state index in [9.17, 15) is 14.3 Å². The van der Waals surface area contributed by atoms with E-state index in [1.807, 2.05) is 65.2 Å². The summed E-state index contributed by atoms with van der Waals surface area (Å²) in [6.45, 7) is 3.78. The number of pyridine rings is 2. The van der Waals surface area contributed by atoms with Gasteiger partial charge in [0.15, 0.2) is 0 Å². The van der Waals surface area contributed by atoms with Crippen LogP contribution in [0.2, 0.25) is 0 Å². The molecule has 3 aromatic carbocycles. The number of nitrogens with two attached hydrogens (primary N) is 1. The van der Waals surface area contributed by atoms with E-state index in [2.05, 4.69) is 27.9 Å². The number of aryl methyl sites for hydroxylation is 2. The van der Waals surface area contributed by atoms with Crippen molar-refractivity contribution in [2.75, 3.05) is 12.8 Å². The molecule has 6 rings (SSSR count). The molecule has 8 nitrogen and oxygen atoms in total. The van der Waals surface area contributed by atoms with E-state index in [4.69, 9.17) is 10.5 Å². The molecule has 3 heterocycles. The molecule has 9 heteroatoms. The van der Waals surface area contributed by atoms with Gasteiger partial charge in [-0.05, 0) is 71.8 Å². The Hall–Kier alpha value is -5.57. The van der Waals surface area contributed by atoms with E-state index < -0.39 is 5.82 Å². The molecule has 0 saturated heterocycles. The standard InChI is InChI=1S/C23H20N2O2.C11H10FN3O/c1-3-18-14-17-8-7-11-20(16-12-13-24-21(15-16)27-2)22(17)23(26)25(18)19-9-5-4-6-10-19;1-6-14-5-10(11(13)15-6)7-2-8(12)4-9(16)3-7/h4-15H,3H2,1-2H3;2-5,16H,1H3,(H2,13,14,15). The van der Waals surface area contributed by atoms with Crippen molar-refractivity contribution in [3.63, 3.8) is 0 Å². The first-order valence-corrected chi connectivity index (χ1v) is 13.6. The Morgan fingerprint density at radius 2 is 1.72 bits per heavy atom. The summed E-state index contributed by atoms with van der Waals surface area (Å²) in [6, 6.07) is 25.3. The van der Waals surface area contributed by atoms with Crippen molar-refractivity contribution in [2.24, 2.45) is 0 Å². The number of fused-ring (bicyclic) bond motifs is 1. The second kappa shape index (κ2) is 12.5. The summed E-state index contributed by atoms with van der Waals surface area (Å²) < 4.78 is 20.1. The molecule has 0 unspecified atom stereocenters. The Bertz CT molecular complexity index is 1960. The van der Waals surface area contributed by atoms with Gasteiger partial charge in [0, 0.05) is 41.5 Å². The maximum absolute atomic E-state index is 13.6. The molecule has 216 valence electrons. The quantitative estimate of drug-likeness (QED) is 0.241. The van der Waals surface area contributed by atoms with Crippen LogP contribution in [0, 0.1) is 12.7 Å². The Kier molecular flexibility index (Phi) is 8.43. The van der Waals surface area contributed by atoms with Crippen LogP contribution in [-0.2, 0) is 6.42 Å². The average molecular weight is 576 g/mol. The number of methoxy groups -OCH3 is 1. The number of nitrogen functional groups attached to an aromatic ring is 1. The van der Waals surface area contributed by atoms with Crippen molar-refractivity contribution in [3.05, 3.63) is 125 Å². The van der Waals surface area contributed by atoms with Gasteiger partial charge in [0.1, 0.15) is 23.2 Å². The first-order valence-electron chi connectivity index (χ1n) is 13.6. The van der Waals surface area contributed by atoms with Crippen LogP contribution in [0.1, 0.15) is 18.4 Å². The molecule has 0 aliphatic rings. The summed E-state index contributed by atoms with van der Waals surface area (Å²) in [5, 5.41) is 10.9. The topological polar surface area (TPSA) is 116 Å². The fourth-order valence-electron chi connectivity index (χ4n) is 4.90. The molecule has 0 fully saturated rings. The number of halogens is 1. The first kappa shape index (κ1) is 28.9. The van der Waals surface area contributed by atoms with E-state index in [0.717, 1.165) is 40.4 Å². The highest BCUT2D eigenvalue weighted by Crippen LogP contribution is 2.30. The van der Waals surface area contributed by atoms with Crippen molar-refractivity contribution in [1.82, 2.24) is 19.5 Å². The van der Waals surface area contributed by atoms with E-state index in [1.54, 1.807) is 20.2 Å². The molecule has 0 spiro atoms. The fourth-order valence-corrected chi connectivity index (χ4v) is 4.90. The average Bonchev–Trinajstić information content (AvgIpc) is 3.01. The second-order valence-corrected chi connectivity index (χ2v) is 9.74. The number of hydrogen-bond acceptors (Lipinski definition) is 7. The third-order valence-corrected chi connectivity index (χ3v) is 6.89. The lowest BCUT2D eigenvalue weighted by atomic mass is 9.99. The normalized spacial score (nSPS) is 10.7. The summed E-state index contributed by atoms with van der Waals surface area (Å²) in [5.74, 6) is 0.641. The molecule has 6 aromatic rings. The minimum atomic E-state index is -0.532. The Balaban J connectivity index is 0.000000196. The summed E-state index contributed by atoms with van der Waals surface area (Å²) in [7, 11) is 1.59. The molecule has 43 heavy (non-hydrogen) atoms. The minimum Gasteiger partial charge on any atom is -0.508 e. The van der Waals surface area contributed by atoms with Crippen molar-refractivity contribution in [2.45, 2.75) is 20.3 Å². The van der Waals surface area contributed by atoms with Gasteiger partial charge in [0.05, 0.1) is 12.5 Å². The number of nitrogens with zero attached hydrogens (tertiary/aromatic N) is 4. The number of anilines is 1. The van der Waals surface area contributed by atoms with Gasteiger partial charge < -0.3 is 15.6 Å². The lowest BCUT2D eigenvalue weighted by molar-refractivity contribution is 0.398. The number of benzene rings is 3. The van der Waals surface area contributed by atoms with Gasteiger partial charge in [-0.3, -0.25) is 9.36 Å². The van der Waals surface area contributed by atoms with Crippen LogP contribution in [0.3, 0.4) is 0 Å². The molecule has 0 bridgehead atoms. The van der Waals surface area contributed by atoms with Gasteiger partial charge >= 0.3 is 0 Å². The Labute approximate surface area is 247 Å². The van der Waals surface area contributed by atoms with Crippen molar-refractivity contribution >= 4 is 16.6 Å². The second-order valence-electron chi connectivity index (χ2n) is 9.74. The molecule has 0 aliphatic heterocycles. The summed E-state index contributed by atoms with van der Waals surface area (Å²) in [6.07, 6.45) is 3.97. The number of hydrogen-bond donors (Lipinski definition) is 2. The molecule has 0 amide bonds. The van der Waals surface area contributed by atoms with Gasteiger partial charge in [-0.1, -0.05) is 43.3 Å². The van der Waals surface area contributed by atoms with Gasteiger partial charge in [0.2, 0.25) is 5.88 Å². The zero-order valence-corrected chi connectivity index (χ0v) is 24.0. The predicted octanol–water partition coefficient (Wildman–Crippen LogP) is 6.50. The zero-order valence-electron chi connectivity index (χ0n) is 24.0. The van der Waals surface area contributed by atoms with Crippen molar-refractivity contribution in [3.8, 4) is 39.6 Å². The number of ether oxygens (including phenoxy) is 1. The SMILES string of the molecule is CCc1cc2cccc(-c3ccnc(OC)c3)c2c(=O)n1-c1ccccc1.Cc1ncc(-c2cc(O)cc(F)c2)c(N)n1. The van der Waals surface area contributed by atoms with E-state index >= 15 is 0 Å². The van der Waals surface area contributed by atoms with Crippen LogP contribution in [0.15, 0.2) is 102 Å². The highest BCUT2D eigenvalue weighted by atomic mass is 19.1. The number of aromatic hydroxyl groups is 1. The minimum absolute atomic E-state index is 0.0121. The van der Waals surface area contributed by atoms with Crippen LogP contribution in [-0.4, -0.2) is 31.7 Å². The van der Waals surface area contributed by atoms with E-state index in [1.165, 1.54) is 18.3 Å². The lowest BCUT2D eigenvalue weighted by Gasteiger charge is -2.15. The van der Waals surface area contributed by atoms with E-state index in [-0.39, 0.29) is 17.1 Å². The molecule has 0 radical (unpaired) electrons. The van der Waals surface area contributed by atoms with Crippen LogP contribution in [0.25, 0.3) is 38.7 Å². The van der Waals surface area contributed by atoms with Crippen molar-refractivity contribution < 1.29 is 14.2 Å². The van der Waals surface area contributed by atoms with Crippen molar-refractivity contribution in [1.29, 1.82) is 0 Å². The Morgan fingerprint density at radius 3 is 2.42 bits per heavy atom. The number of rotatable bonds is 5. The summed E-state index contributed by atoms with van der Waals surface area (Å²) in [4.78, 5) is 25.7. The van der Waals surface area contributed by atoms with E-state index in [0.29, 0.717) is 28.2 Å². The summed E-state index contributed by atoms with van der Waals surface area (Å²) in [5.41, 5.74) is 10.3. The number of phenols is 1. The number of para-hydroxylation sites is 1. The smallest absolute Gasteiger partial charge is 0.263 e. The molecule has 0 saturated carbocycles. The highest BCUT2D eigenvalue weighted by Gasteiger charge is 2.15. The molecular formula is C34H30FN5O3. The fraction of sp³-hybridized carbons (Fsp3) is 0.118. The molecule has 3 N–H and O–H groups in total. The van der Waals surface area contributed by atoms with Gasteiger partial charge in [-0.2, -0.15) is 0 Å². The predicted molar refractivity (Wildman–Crippen MR) is 167 cm³/mol. The number of phenolic OH excluding ortho intramolecular Hbond substituents is 1. The maximum Gasteiger partial charge on any atom is 0.263 e. The van der Waals surface area contributed by atoms with Gasteiger partial charge in [-0.15, -0.1) is 0 Å². The zero-order chi connectivity index (χ0) is 30.5. The molecule has 0 aliphatic carbocycles. The first-order chi connectivity index (χ1) is 20.8. The van der Waals surface area contributed by atoms with Gasteiger partial charge in [0.25, 0.3) is 5.56 Å². The van der Waals surface area contributed by atoms with Crippen LogP contribution < -0.4 is 16.0 Å². The largest absolute Gasteiger partial charge is 0.508 e. The molecule has 0 atom stereocenters. The van der Waals surface area contributed by atoms with Crippen LogP contribution in [0.4, 0.5) is 10.2 Å². The molecule has 3 aromatic heterocycles. The van der Waals surface area contributed by atoms with Crippen LogP contribution >= 0.6 is 0 Å². The number of aromatic nitrogens is 4. The highest BCUT2D eigenvalue weighted by molar-refractivity contribution is 5.96. The Morgan fingerprint density at radius 1 is 0.930 bits per heavy atom. The van der Waals surface area contributed by atoms with Crippen LogP contribution in [0.5, 0.6) is 11.6 Å². The summed E-state index contributed by atoms with van der Waals surface area (Å²) >= 11 is 0.